The summed E-state index contributed by atoms with van der Waals surface area (Å²) < 4.78 is 3.09. The number of Topliss-reactive ketones (excluding diaryl/α,β-unsaturated/α-hetero) is 1. The highest BCUT2D eigenvalue weighted by molar-refractivity contribution is 14.1. The zero-order valence-electron chi connectivity index (χ0n) is 17.2. The summed E-state index contributed by atoms with van der Waals surface area (Å²) in [5, 5.41) is 3.17. The predicted octanol–water partition coefficient (Wildman–Crippen LogP) is 3.95. The molecule has 1 heterocycles. The lowest BCUT2D eigenvalue weighted by Gasteiger charge is -2.32. The number of unbranched alkanes of at least 4 members (excludes halogenated alkanes) is 1. The van der Waals surface area contributed by atoms with E-state index in [9.17, 15) is 9.59 Å². The van der Waals surface area contributed by atoms with Gasteiger partial charge in [-0.15, -0.1) is 0 Å². The molecule has 0 spiro atoms. The van der Waals surface area contributed by atoms with E-state index in [2.05, 4.69) is 36.6 Å². The third kappa shape index (κ3) is 14.6. The SMILES string of the molecule is CC.CC.CC(=O)CN1CCC(NC(=O)C(C)CCCCNI)CC1. The van der Waals surface area contributed by atoms with Gasteiger partial charge in [-0.25, -0.2) is 0 Å². The summed E-state index contributed by atoms with van der Waals surface area (Å²) in [7, 11) is 0. The van der Waals surface area contributed by atoms with Crippen LogP contribution in [-0.2, 0) is 9.59 Å². The second-order valence-electron chi connectivity index (χ2n) is 6.04. The molecule has 0 aromatic carbocycles. The Labute approximate surface area is 169 Å². The number of nitrogens with zero attached hydrogens (tertiary/aromatic N) is 1. The first-order valence-electron chi connectivity index (χ1n) is 9.88. The smallest absolute Gasteiger partial charge is 0.223 e. The number of carbonyl (C=O) groups excluding carboxylic acids is 2. The Hall–Kier alpha value is -0.210. The zero-order valence-corrected chi connectivity index (χ0v) is 19.3. The maximum atomic E-state index is 12.1. The first-order valence-corrected chi connectivity index (χ1v) is 11.0. The lowest BCUT2D eigenvalue weighted by atomic mass is 10.0. The first-order chi connectivity index (χ1) is 12.0. The number of hydrogen-bond donors (Lipinski definition) is 2. The van der Waals surface area contributed by atoms with Crippen molar-refractivity contribution in [2.24, 2.45) is 5.92 Å². The van der Waals surface area contributed by atoms with Crippen LogP contribution >= 0.6 is 22.9 Å². The Morgan fingerprint density at radius 2 is 1.68 bits per heavy atom. The first kappa shape index (κ1) is 27.0. The van der Waals surface area contributed by atoms with Gasteiger partial charge in [-0.1, -0.05) is 41.0 Å². The fraction of sp³-hybridized carbons (Fsp3) is 0.895. The van der Waals surface area contributed by atoms with Gasteiger partial charge in [0.2, 0.25) is 5.91 Å². The summed E-state index contributed by atoms with van der Waals surface area (Å²) >= 11 is 2.15. The Kier molecular flexibility index (Phi) is 20.1. The molecule has 1 saturated heterocycles. The van der Waals surface area contributed by atoms with Gasteiger partial charge in [0.25, 0.3) is 0 Å². The molecule has 5 nitrogen and oxygen atoms in total. The van der Waals surface area contributed by atoms with Gasteiger partial charge in [0.15, 0.2) is 0 Å². The van der Waals surface area contributed by atoms with E-state index in [1.165, 1.54) is 0 Å². The number of hydrogen-bond acceptors (Lipinski definition) is 4. The summed E-state index contributed by atoms with van der Waals surface area (Å²) in [6.07, 6.45) is 5.05. The van der Waals surface area contributed by atoms with Gasteiger partial charge < -0.3 is 5.32 Å². The fourth-order valence-corrected chi connectivity index (χ4v) is 3.05. The van der Waals surface area contributed by atoms with Crippen LogP contribution in [0.4, 0.5) is 0 Å². The molecule has 1 unspecified atom stereocenters. The summed E-state index contributed by atoms with van der Waals surface area (Å²) in [5.41, 5.74) is 0. The van der Waals surface area contributed by atoms with Crippen molar-refractivity contribution in [1.82, 2.24) is 13.7 Å². The fourth-order valence-electron chi connectivity index (χ4n) is 2.67. The van der Waals surface area contributed by atoms with Crippen molar-refractivity contribution in [3.05, 3.63) is 0 Å². The Balaban J connectivity index is 0. The molecule has 150 valence electrons. The quantitative estimate of drug-likeness (QED) is 0.305. The van der Waals surface area contributed by atoms with Crippen LogP contribution in [0.2, 0.25) is 0 Å². The standard InChI is InChI=1S/C15H28IN3O2.2C2H6/c1-12(5-3-4-8-17-16)15(21)18-14-6-9-19(10-7-14)11-13(2)20;2*1-2/h12,14,17H,3-11H2,1-2H3,(H,18,21);2*1-2H3. The maximum absolute atomic E-state index is 12.1. The van der Waals surface area contributed by atoms with Crippen molar-refractivity contribution in [3.8, 4) is 0 Å². The molecule has 0 radical (unpaired) electrons. The molecule has 0 aliphatic carbocycles. The minimum Gasteiger partial charge on any atom is -0.353 e. The molecule has 1 rings (SSSR count). The molecule has 6 heteroatoms. The Morgan fingerprint density at radius 3 is 2.16 bits per heavy atom. The van der Waals surface area contributed by atoms with Crippen LogP contribution in [0.1, 0.15) is 73.6 Å². The van der Waals surface area contributed by atoms with Crippen LogP contribution in [0.5, 0.6) is 0 Å². The van der Waals surface area contributed by atoms with Gasteiger partial charge in [-0.2, -0.15) is 0 Å². The molecule has 1 amide bonds. The van der Waals surface area contributed by atoms with E-state index in [0.717, 1.165) is 51.7 Å². The largest absolute Gasteiger partial charge is 0.353 e. The van der Waals surface area contributed by atoms with E-state index >= 15 is 0 Å². The molecule has 0 saturated carbocycles. The van der Waals surface area contributed by atoms with Crippen LogP contribution in [0.3, 0.4) is 0 Å². The van der Waals surface area contributed by atoms with E-state index in [1.807, 2.05) is 34.6 Å². The molecule has 0 aromatic heterocycles. The Morgan fingerprint density at radius 1 is 1.12 bits per heavy atom. The number of halogens is 1. The van der Waals surface area contributed by atoms with E-state index in [4.69, 9.17) is 0 Å². The topological polar surface area (TPSA) is 61.4 Å². The van der Waals surface area contributed by atoms with Crippen LogP contribution in [0, 0.1) is 5.92 Å². The van der Waals surface area contributed by atoms with Crippen molar-refractivity contribution >= 4 is 34.6 Å². The lowest BCUT2D eigenvalue weighted by molar-refractivity contribution is -0.126. The van der Waals surface area contributed by atoms with Gasteiger partial charge in [-0.3, -0.25) is 18.0 Å². The van der Waals surface area contributed by atoms with Crippen LogP contribution in [0.15, 0.2) is 0 Å². The number of nitrogens with one attached hydrogen (secondary N) is 2. The maximum Gasteiger partial charge on any atom is 0.223 e. The van der Waals surface area contributed by atoms with Crippen molar-refractivity contribution in [2.75, 3.05) is 26.2 Å². The molecule has 0 bridgehead atoms. The van der Waals surface area contributed by atoms with E-state index in [-0.39, 0.29) is 23.7 Å². The molecule has 1 aliphatic rings. The monoisotopic (exact) mass is 469 g/mol. The molecule has 25 heavy (non-hydrogen) atoms. The number of likely N-dealkylation sites (tertiary alicyclic amines) is 1. The highest BCUT2D eigenvalue weighted by Gasteiger charge is 2.22. The Bertz CT molecular complexity index is 333. The van der Waals surface area contributed by atoms with Crippen molar-refractivity contribution < 1.29 is 9.59 Å². The molecule has 1 atom stereocenters. The van der Waals surface area contributed by atoms with Gasteiger partial charge in [0.1, 0.15) is 5.78 Å². The number of rotatable bonds is 9. The average Bonchev–Trinajstić information content (AvgIpc) is 2.63. The van der Waals surface area contributed by atoms with E-state index < -0.39 is 0 Å². The highest BCUT2D eigenvalue weighted by Crippen LogP contribution is 2.13. The zero-order chi connectivity index (χ0) is 19.7. The summed E-state index contributed by atoms with van der Waals surface area (Å²) in [6, 6.07) is 0.277. The van der Waals surface area contributed by atoms with Crippen molar-refractivity contribution in [3.63, 3.8) is 0 Å². The van der Waals surface area contributed by atoms with Gasteiger partial charge >= 0.3 is 0 Å². The van der Waals surface area contributed by atoms with Crippen LogP contribution < -0.4 is 8.85 Å². The minimum atomic E-state index is 0.0921. The van der Waals surface area contributed by atoms with Crippen molar-refractivity contribution in [1.29, 1.82) is 0 Å². The normalized spacial score (nSPS) is 16.0. The molecule has 1 aliphatic heterocycles. The van der Waals surface area contributed by atoms with Crippen LogP contribution in [-0.4, -0.2) is 48.8 Å². The number of ketones is 1. The van der Waals surface area contributed by atoms with E-state index in [1.54, 1.807) is 6.92 Å². The van der Waals surface area contributed by atoms with Gasteiger partial charge in [0.05, 0.1) is 6.54 Å². The van der Waals surface area contributed by atoms with Gasteiger partial charge in [-0.05, 0) is 32.6 Å². The molecule has 2 N–H and O–H groups in total. The number of carbonyl (C=O) groups is 2. The van der Waals surface area contributed by atoms with E-state index in [0.29, 0.717) is 6.54 Å². The molecular formula is C19H40IN3O2. The number of amides is 1. The molecular weight excluding hydrogens is 429 g/mol. The second kappa shape index (κ2) is 18.6. The lowest BCUT2D eigenvalue weighted by Crippen LogP contribution is -2.46. The van der Waals surface area contributed by atoms with Crippen molar-refractivity contribution in [2.45, 2.75) is 79.7 Å². The third-order valence-electron chi connectivity index (χ3n) is 3.99. The third-order valence-corrected chi connectivity index (χ3v) is 4.53. The predicted molar refractivity (Wildman–Crippen MR) is 116 cm³/mol. The molecule has 0 aromatic rings. The number of piperidine rings is 1. The summed E-state index contributed by atoms with van der Waals surface area (Å²) in [5.74, 6) is 0.490. The van der Waals surface area contributed by atoms with Crippen LogP contribution in [0.25, 0.3) is 0 Å². The molecule has 1 fully saturated rings. The second-order valence-corrected chi connectivity index (χ2v) is 6.80. The summed E-state index contributed by atoms with van der Waals surface area (Å²) in [4.78, 5) is 25.4. The summed E-state index contributed by atoms with van der Waals surface area (Å²) in [6.45, 7) is 15.0. The minimum absolute atomic E-state index is 0.0921. The highest BCUT2D eigenvalue weighted by atomic mass is 127. The van der Waals surface area contributed by atoms with Gasteiger partial charge in [0, 0.05) is 54.5 Å². The average molecular weight is 469 g/mol.